The van der Waals surface area contributed by atoms with Crippen LogP contribution in [0.5, 0.6) is 5.75 Å². The minimum Gasteiger partial charge on any atom is -0.494 e. The summed E-state index contributed by atoms with van der Waals surface area (Å²) < 4.78 is 18.9. The average molecular weight is 375 g/mol. The smallest absolute Gasteiger partial charge is 0.268 e. The summed E-state index contributed by atoms with van der Waals surface area (Å²) in [4.78, 5) is 32.8. The van der Waals surface area contributed by atoms with Crippen molar-refractivity contribution < 1.29 is 13.9 Å². The Morgan fingerprint density at radius 3 is 2.85 bits per heavy atom. The van der Waals surface area contributed by atoms with E-state index in [2.05, 4.69) is 9.97 Å². The van der Waals surface area contributed by atoms with Crippen molar-refractivity contribution in [2.75, 3.05) is 13.7 Å². The summed E-state index contributed by atoms with van der Waals surface area (Å²) in [6, 6.07) is 7.53. The molecule has 136 valence electrons. The molecule has 0 bridgehead atoms. The maximum atomic E-state index is 12.8. The lowest BCUT2D eigenvalue weighted by molar-refractivity contribution is -0.130. The predicted molar refractivity (Wildman–Crippen MR) is 97.8 cm³/mol. The molecule has 0 radical (unpaired) electrons. The number of hydrogen-bond donors (Lipinski definition) is 1. The molecule has 0 aliphatic carbocycles. The first-order valence-electron chi connectivity index (χ1n) is 8.11. The van der Waals surface area contributed by atoms with E-state index in [1.165, 1.54) is 28.4 Å². The van der Waals surface area contributed by atoms with Crippen molar-refractivity contribution in [2.45, 2.75) is 19.4 Å². The number of nitrogens with one attached hydrogen (secondary N) is 1. The fraction of sp³-hybridized carbons (Fsp3) is 0.278. The van der Waals surface area contributed by atoms with Crippen LogP contribution >= 0.6 is 11.3 Å². The summed E-state index contributed by atoms with van der Waals surface area (Å²) in [6.45, 7) is 0.597. The van der Waals surface area contributed by atoms with Crippen molar-refractivity contribution in [1.82, 2.24) is 14.9 Å². The fourth-order valence-electron chi connectivity index (χ4n) is 2.44. The van der Waals surface area contributed by atoms with Crippen LogP contribution in [0.3, 0.4) is 0 Å². The number of nitrogens with zero attached hydrogens (tertiary/aromatic N) is 2. The molecule has 2 heterocycles. The Balaban J connectivity index is 1.47. The zero-order valence-electron chi connectivity index (χ0n) is 14.2. The van der Waals surface area contributed by atoms with Crippen molar-refractivity contribution in [3.63, 3.8) is 0 Å². The number of carbonyl (C=O) groups is 1. The second-order valence-electron chi connectivity index (χ2n) is 5.80. The second-order valence-corrected chi connectivity index (χ2v) is 6.72. The molecular formula is C18H18FN3O3S. The topological polar surface area (TPSA) is 75.3 Å². The fourth-order valence-corrected chi connectivity index (χ4v) is 3.17. The van der Waals surface area contributed by atoms with E-state index in [0.29, 0.717) is 41.2 Å². The van der Waals surface area contributed by atoms with E-state index < -0.39 is 0 Å². The number of aromatic nitrogens is 2. The highest BCUT2D eigenvalue weighted by atomic mass is 32.1. The number of ether oxygens (including phenoxy) is 1. The van der Waals surface area contributed by atoms with Gasteiger partial charge in [-0.3, -0.25) is 9.59 Å². The quantitative estimate of drug-likeness (QED) is 0.644. The van der Waals surface area contributed by atoms with Crippen LogP contribution in [0.15, 0.2) is 40.5 Å². The molecule has 0 spiro atoms. The lowest BCUT2D eigenvalue weighted by Crippen LogP contribution is -2.28. The SMILES string of the molecule is CN(Cc1nc2ccsc2c(=O)[nH]1)C(=O)CCCOc1ccc(F)cc1. The third-order valence-electron chi connectivity index (χ3n) is 3.79. The van der Waals surface area contributed by atoms with E-state index in [4.69, 9.17) is 4.74 Å². The summed E-state index contributed by atoms with van der Waals surface area (Å²) in [6.07, 6.45) is 0.844. The van der Waals surface area contributed by atoms with Crippen molar-refractivity contribution in [3.05, 3.63) is 57.7 Å². The first-order chi connectivity index (χ1) is 12.5. The van der Waals surface area contributed by atoms with Crippen LogP contribution in [-0.4, -0.2) is 34.4 Å². The molecule has 1 N–H and O–H groups in total. The number of halogens is 1. The Morgan fingerprint density at radius 1 is 1.31 bits per heavy atom. The molecule has 6 nitrogen and oxygen atoms in total. The van der Waals surface area contributed by atoms with E-state index in [-0.39, 0.29) is 23.8 Å². The first-order valence-corrected chi connectivity index (χ1v) is 8.99. The van der Waals surface area contributed by atoms with Gasteiger partial charge in [-0.15, -0.1) is 11.3 Å². The van der Waals surface area contributed by atoms with Gasteiger partial charge in [-0.2, -0.15) is 0 Å². The molecule has 0 saturated carbocycles. The van der Waals surface area contributed by atoms with Gasteiger partial charge in [0.2, 0.25) is 5.91 Å². The monoisotopic (exact) mass is 375 g/mol. The molecule has 26 heavy (non-hydrogen) atoms. The van der Waals surface area contributed by atoms with E-state index in [1.807, 2.05) is 5.38 Å². The third kappa shape index (κ3) is 4.45. The molecule has 0 aliphatic rings. The molecule has 0 saturated heterocycles. The Morgan fingerprint density at radius 2 is 2.08 bits per heavy atom. The van der Waals surface area contributed by atoms with Crippen LogP contribution in [0.1, 0.15) is 18.7 Å². The highest BCUT2D eigenvalue weighted by Gasteiger charge is 2.12. The molecule has 1 amide bonds. The minimum absolute atomic E-state index is 0.0687. The maximum absolute atomic E-state index is 12.8. The van der Waals surface area contributed by atoms with E-state index in [1.54, 1.807) is 25.2 Å². The number of thiophene rings is 1. The Hall–Kier alpha value is -2.74. The minimum atomic E-state index is -0.318. The predicted octanol–water partition coefficient (Wildman–Crippen LogP) is 2.94. The van der Waals surface area contributed by atoms with Crippen LogP contribution in [0, 0.1) is 5.82 Å². The molecule has 8 heteroatoms. The van der Waals surface area contributed by atoms with Crippen molar-refractivity contribution in [3.8, 4) is 5.75 Å². The number of hydrogen-bond acceptors (Lipinski definition) is 5. The normalized spacial score (nSPS) is 10.8. The van der Waals surface area contributed by atoms with Gasteiger partial charge in [-0.25, -0.2) is 9.37 Å². The molecular weight excluding hydrogens is 357 g/mol. The van der Waals surface area contributed by atoms with E-state index in [0.717, 1.165) is 0 Å². The van der Waals surface area contributed by atoms with Gasteiger partial charge in [0, 0.05) is 13.5 Å². The van der Waals surface area contributed by atoms with E-state index >= 15 is 0 Å². The lowest BCUT2D eigenvalue weighted by Gasteiger charge is -2.16. The van der Waals surface area contributed by atoms with Gasteiger partial charge in [0.15, 0.2) is 0 Å². The van der Waals surface area contributed by atoms with Gasteiger partial charge in [0.1, 0.15) is 22.1 Å². The highest BCUT2D eigenvalue weighted by Crippen LogP contribution is 2.14. The zero-order chi connectivity index (χ0) is 18.5. The Bertz CT molecular complexity index is 952. The van der Waals surface area contributed by atoms with Crippen LogP contribution in [0.4, 0.5) is 4.39 Å². The number of fused-ring (bicyclic) bond motifs is 1. The molecule has 0 unspecified atom stereocenters. The standard InChI is InChI=1S/C18H18FN3O3S/c1-22(11-15-20-14-8-10-26-17(14)18(24)21-15)16(23)3-2-9-25-13-6-4-12(19)5-7-13/h4-8,10H,2-3,9,11H2,1H3,(H,20,21,24). The molecule has 0 fully saturated rings. The number of rotatable bonds is 7. The summed E-state index contributed by atoms with van der Waals surface area (Å²) in [7, 11) is 1.67. The van der Waals surface area contributed by atoms with Gasteiger partial charge in [-0.1, -0.05) is 0 Å². The number of amides is 1. The lowest BCUT2D eigenvalue weighted by atomic mass is 10.3. The number of carbonyl (C=O) groups excluding carboxylic acids is 1. The molecule has 0 aliphatic heterocycles. The third-order valence-corrected chi connectivity index (χ3v) is 4.70. The van der Waals surface area contributed by atoms with Gasteiger partial charge in [0.05, 0.1) is 18.7 Å². The molecule has 2 aromatic heterocycles. The molecule has 1 aromatic carbocycles. The Labute approximate surface area is 153 Å². The number of H-pyrrole nitrogens is 1. The Kier molecular flexibility index (Phi) is 5.62. The van der Waals surface area contributed by atoms with E-state index in [9.17, 15) is 14.0 Å². The number of benzene rings is 1. The highest BCUT2D eigenvalue weighted by molar-refractivity contribution is 7.17. The molecule has 3 aromatic rings. The summed E-state index contributed by atoms with van der Waals surface area (Å²) in [5, 5.41) is 1.81. The summed E-state index contributed by atoms with van der Waals surface area (Å²) in [5.41, 5.74) is 0.454. The van der Waals surface area contributed by atoms with Crippen molar-refractivity contribution in [1.29, 1.82) is 0 Å². The van der Waals surface area contributed by atoms with Gasteiger partial charge < -0.3 is 14.6 Å². The molecule has 0 atom stereocenters. The van der Waals surface area contributed by atoms with Crippen LogP contribution in [0.2, 0.25) is 0 Å². The van der Waals surface area contributed by atoms with Crippen LogP contribution < -0.4 is 10.3 Å². The van der Waals surface area contributed by atoms with Crippen LogP contribution in [0.25, 0.3) is 10.2 Å². The van der Waals surface area contributed by atoms with Gasteiger partial charge in [-0.05, 0) is 42.1 Å². The summed E-state index contributed by atoms with van der Waals surface area (Å²) >= 11 is 1.34. The van der Waals surface area contributed by atoms with Gasteiger partial charge >= 0.3 is 0 Å². The van der Waals surface area contributed by atoms with Crippen molar-refractivity contribution in [2.24, 2.45) is 0 Å². The van der Waals surface area contributed by atoms with Gasteiger partial charge in [0.25, 0.3) is 5.56 Å². The summed E-state index contributed by atoms with van der Waals surface area (Å²) in [5.74, 6) is 0.638. The number of aromatic amines is 1. The first kappa shape index (κ1) is 18.1. The van der Waals surface area contributed by atoms with Crippen LogP contribution in [-0.2, 0) is 11.3 Å². The van der Waals surface area contributed by atoms with Crippen molar-refractivity contribution >= 4 is 27.5 Å². The average Bonchev–Trinajstić information content (AvgIpc) is 3.09. The maximum Gasteiger partial charge on any atom is 0.268 e. The molecule has 3 rings (SSSR count). The zero-order valence-corrected chi connectivity index (χ0v) is 15.0. The second kappa shape index (κ2) is 8.09. The largest absolute Gasteiger partial charge is 0.494 e.